The number of benzene rings is 1. The molecule has 0 radical (unpaired) electrons. The zero-order chi connectivity index (χ0) is 13.2. The van der Waals surface area contributed by atoms with Crippen LogP contribution in [0.5, 0.6) is 0 Å². The third kappa shape index (κ3) is 2.95. The van der Waals surface area contributed by atoms with Gasteiger partial charge < -0.3 is 5.32 Å². The van der Waals surface area contributed by atoms with E-state index in [0.717, 1.165) is 6.54 Å². The number of nitrogens with one attached hydrogen (secondary N) is 1. The van der Waals surface area contributed by atoms with Crippen molar-refractivity contribution in [2.75, 3.05) is 13.6 Å². The SMILES string of the molecule is CNCC1(Cc2ccc(C(C)(C)C)cc2)CCC1. The van der Waals surface area contributed by atoms with Gasteiger partial charge in [0, 0.05) is 6.54 Å². The molecule has 1 aromatic rings. The quantitative estimate of drug-likeness (QED) is 0.848. The molecule has 1 aliphatic rings. The Morgan fingerprint density at radius 1 is 1.11 bits per heavy atom. The van der Waals surface area contributed by atoms with Crippen molar-refractivity contribution in [1.29, 1.82) is 0 Å². The zero-order valence-corrected chi connectivity index (χ0v) is 12.3. The lowest BCUT2D eigenvalue weighted by Gasteiger charge is -2.42. The van der Waals surface area contributed by atoms with Crippen LogP contribution in [-0.4, -0.2) is 13.6 Å². The minimum atomic E-state index is 0.262. The van der Waals surface area contributed by atoms with Crippen molar-refractivity contribution in [3.05, 3.63) is 35.4 Å². The summed E-state index contributed by atoms with van der Waals surface area (Å²) in [5.41, 5.74) is 3.73. The minimum absolute atomic E-state index is 0.262. The Balaban J connectivity index is 2.06. The summed E-state index contributed by atoms with van der Waals surface area (Å²) in [6.07, 6.45) is 5.41. The highest BCUT2D eigenvalue weighted by Gasteiger charge is 2.36. The van der Waals surface area contributed by atoms with Gasteiger partial charge in [0.2, 0.25) is 0 Å². The Morgan fingerprint density at radius 3 is 2.11 bits per heavy atom. The second-order valence-electron chi connectivity index (χ2n) is 7.01. The topological polar surface area (TPSA) is 12.0 Å². The lowest BCUT2D eigenvalue weighted by molar-refractivity contribution is 0.133. The Hall–Kier alpha value is -0.820. The van der Waals surface area contributed by atoms with E-state index in [1.165, 1.54) is 36.8 Å². The molecule has 1 aromatic carbocycles. The fourth-order valence-corrected chi connectivity index (χ4v) is 3.02. The van der Waals surface area contributed by atoms with Gasteiger partial charge in [0.05, 0.1) is 0 Å². The van der Waals surface area contributed by atoms with E-state index in [1.54, 1.807) is 0 Å². The number of hydrogen-bond acceptors (Lipinski definition) is 1. The second kappa shape index (κ2) is 5.05. The van der Waals surface area contributed by atoms with E-state index in [1.807, 2.05) is 0 Å². The average Bonchev–Trinajstić information content (AvgIpc) is 2.26. The van der Waals surface area contributed by atoms with E-state index in [4.69, 9.17) is 0 Å². The van der Waals surface area contributed by atoms with Crippen molar-refractivity contribution in [3.8, 4) is 0 Å². The number of rotatable bonds is 4. The molecule has 0 unspecified atom stereocenters. The van der Waals surface area contributed by atoms with Crippen LogP contribution in [0.25, 0.3) is 0 Å². The molecule has 1 saturated carbocycles. The highest BCUT2D eigenvalue weighted by Crippen LogP contribution is 2.43. The van der Waals surface area contributed by atoms with Gasteiger partial charge in [-0.25, -0.2) is 0 Å². The monoisotopic (exact) mass is 245 g/mol. The molecule has 1 fully saturated rings. The molecule has 0 amide bonds. The molecule has 0 heterocycles. The van der Waals surface area contributed by atoms with Crippen molar-refractivity contribution in [3.63, 3.8) is 0 Å². The van der Waals surface area contributed by atoms with Gasteiger partial charge in [-0.15, -0.1) is 0 Å². The summed E-state index contributed by atoms with van der Waals surface area (Å²) in [7, 11) is 2.07. The predicted molar refractivity (Wildman–Crippen MR) is 79.1 cm³/mol. The van der Waals surface area contributed by atoms with Gasteiger partial charge in [0.25, 0.3) is 0 Å². The van der Waals surface area contributed by atoms with E-state index < -0.39 is 0 Å². The molecule has 2 rings (SSSR count). The summed E-state index contributed by atoms with van der Waals surface area (Å²) in [5.74, 6) is 0. The summed E-state index contributed by atoms with van der Waals surface area (Å²) in [6.45, 7) is 7.98. The molecule has 0 aromatic heterocycles. The average molecular weight is 245 g/mol. The summed E-state index contributed by atoms with van der Waals surface area (Å²) < 4.78 is 0. The third-order valence-electron chi connectivity index (χ3n) is 4.37. The maximum Gasteiger partial charge on any atom is 0.000799 e. The van der Waals surface area contributed by atoms with E-state index in [2.05, 4.69) is 57.4 Å². The molecule has 0 spiro atoms. The first-order valence-electron chi connectivity index (χ1n) is 7.19. The van der Waals surface area contributed by atoms with Crippen molar-refractivity contribution in [1.82, 2.24) is 5.32 Å². The molecule has 0 aliphatic heterocycles. The van der Waals surface area contributed by atoms with Gasteiger partial charge >= 0.3 is 0 Å². The highest BCUT2D eigenvalue weighted by atomic mass is 14.8. The van der Waals surface area contributed by atoms with Crippen LogP contribution in [0.3, 0.4) is 0 Å². The molecule has 100 valence electrons. The van der Waals surface area contributed by atoms with Gasteiger partial charge in [-0.1, -0.05) is 51.5 Å². The Kier molecular flexibility index (Phi) is 3.82. The Bertz CT molecular complexity index is 379. The normalized spacial score (nSPS) is 18.4. The molecule has 1 aliphatic carbocycles. The van der Waals surface area contributed by atoms with E-state index in [-0.39, 0.29) is 5.41 Å². The van der Waals surface area contributed by atoms with Gasteiger partial charge in [-0.3, -0.25) is 0 Å². The summed E-state index contributed by atoms with van der Waals surface area (Å²) in [5, 5.41) is 3.37. The standard InChI is InChI=1S/C17H27N/c1-16(2,3)15-8-6-14(7-9-15)12-17(13-18-4)10-5-11-17/h6-9,18H,5,10-13H2,1-4H3. The van der Waals surface area contributed by atoms with Crippen molar-refractivity contribution in [2.45, 2.75) is 51.9 Å². The molecule has 0 saturated heterocycles. The molecule has 0 bridgehead atoms. The van der Waals surface area contributed by atoms with Crippen LogP contribution in [0.4, 0.5) is 0 Å². The van der Waals surface area contributed by atoms with Gasteiger partial charge in [-0.05, 0) is 48.3 Å². The van der Waals surface area contributed by atoms with Gasteiger partial charge in [0.15, 0.2) is 0 Å². The van der Waals surface area contributed by atoms with E-state index in [9.17, 15) is 0 Å². The van der Waals surface area contributed by atoms with E-state index in [0.29, 0.717) is 5.41 Å². The lowest BCUT2D eigenvalue weighted by Crippen LogP contribution is -2.40. The Morgan fingerprint density at radius 2 is 1.72 bits per heavy atom. The molecule has 1 heteroatoms. The van der Waals surface area contributed by atoms with Crippen LogP contribution in [-0.2, 0) is 11.8 Å². The van der Waals surface area contributed by atoms with Crippen LogP contribution in [0, 0.1) is 5.41 Å². The molecule has 1 N–H and O–H groups in total. The van der Waals surface area contributed by atoms with Gasteiger partial charge in [-0.2, -0.15) is 0 Å². The lowest BCUT2D eigenvalue weighted by atomic mass is 9.65. The zero-order valence-electron chi connectivity index (χ0n) is 12.3. The van der Waals surface area contributed by atoms with Crippen LogP contribution in [0.2, 0.25) is 0 Å². The van der Waals surface area contributed by atoms with Crippen LogP contribution in [0.15, 0.2) is 24.3 Å². The van der Waals surface area contributed by atoms with Crippen LogP contribution in [0.1, 0.15) is 51.2 Å². The Labute approximate surface area is 112 Å². The summed E-state index contributed by atoms with van der Waals surface area (Å²) >= 11 is 0. The molecular formula is C17H27N. The van der Waals surface area contributed by atoms with Gasteiger partial charge in [0.1, 0.15) is 0 Å². The minimum Gasteiger partial charge on any atom is -0.319 e. The predicted octanol–water partition coefficient (Wildman–Crippen LogP) is 3.92. The van der Waals surface area contributed by atoms with Crippen molar-refractivity contribution in [2.24, 2.45) is 5.41 Å². The fraction of sp³-hybridized carbons (Fsp3) is 0.647. The first-order chi connectivity index (χ1) is 8.45. The molecule has 1 nitrogen and oxygen atoms in total. The highest BCUT2D eigenvalue weighted by molar-refractivity contribution is 5.28. The first-order valence-corrected chi connectivity index (χ1v) is 7.19. The first kappa shape index (κ1) is 13.6. The molecule has 18 heavy (non-hydrogen) atoms. The van der Waals surface area contributed by atoms with E-state index >= 15 is 0 Å². The number of hydrogen-bond donors (Lipinski definition) is 1. The summed E-state index contributed by atoms with van der Waals surface area (Å²) in [4.78, 5) is 0. The maximum absolute atomic E-state index is 3.37. The van der Waals surface area contributed by atoms with Crippen molar-refractivity contribution >= 4 is 0 Å². The van der Waals surface area contributed by atoms with Crippen LogP contribution < -0.4 is 5.32 Å². The summed E-state index contributed by atoms with van der Waals surface area (Å²) in [6, 6.07) is 9.27. The largest absolute Gasteiger partial charge is 0.319 e. The molecular weight excluding hydrogens is 218 g/mol. The second-order valence-corrected chi connectivity index (χ2v) is 7.01. The smallest absolute Gasteiger partial charge is 0.000799 e. The fourth-order valence-electron chi connectivity index (χ4n) is 3.02. The maximum atomic E-state index is 3.37. The van der Waals surface area contributed by atoms with Crippen molar-refractivity contribution < 1.29 is 0 Å². The third-order valence-corrected chi connectivity index (χ3v) is 4.37. The molecule has 0 atom stereocenters. The van der Waals surface area contributed by atoms with Crippen LogP contribution >= 0.6 is 0 Å².